The van der Waals surface area contributed by atoms with E-state index in [0.717, 1.165) is 16.6 Å². The number of aryl methyl sites for hydroxylation is 1. The Bertz CT molecular complexity index is 714. The van der Waals surface area contributed by atoms with Crippen molar-refractivity contribution in [1.82, 2.24) is 9.78 Å². The van der Waals surface area contributed by atoms with E-state index in [1.54, 1.807) is 0 Å². The van der Waals surface area contributed by atoms with Crippen LogP contribution in [0.25, 0.3) is 11.1 Å². The van der Waals surface area contributed by atoms with Crippen LogP contribution in [0.1, 0.15) is 11.1 Å². The van der Waals surface area contributed by atoms with Gasteiger partial charge in [0.2, 0.25) is 0 Å². The monoisotopic (exact) mass is 326 g/mol. The third-order valence-electron chi connectivity index (χ3n) is 3.26. The second-order valence-corrected chi connectivity index (χ2v) is 5.84. The lowest BCUT2D eigenvalue weighted by Gasteiger charge is -2.02. The number of halogens is 1. The standard InChI is InChI=1S/C17H15BrN2/c1-13-5-7-14(8-6-13)11-20-12-16(10-19-20)15-3-2-4-17(18)9-15/h2-10,12H,11H2,1H3. The molecule has 0 aliphatic rings. The summed E-state index contributed by atoms with van der Waals surface area (Å²) in [5, 5.41) is 4.44. The minimum Gasteiger partial charge on any atom is -0.268 e. The normalized spacial score (nSPS) is 10.7. The van der Waals surface area contributed by atoms with Crippen molar-refractivity contribution in [1.29, 1.82) is 0 Å². The second-order valence-electron chi connectivity index (χ2n) is 4.92. The molecule has 3 aromatic rings. The van der Waals surface area contributed by atoms with Gasteiger partial charge >= 0.3 is 0 Å². The van der Waals surface area contributed by atoms with Gasteiger partial charge in [-0.05, 0) is 30.2 Å². The Kier molecular flexibility index (Phi) is 3.70. The van der Waals surface area contributed by atoms with E-state index in [0.29, 0.717) is 0 Å². The van der Waals surface area contributed by atoms with Crippen LogP contribution < -0.4 is 0 Å². The van der Waals surface area contributed by atoms with Crippen LogP contribution in [-0.4, -0.2) is 9.78 Å². The summed E-state index contributed by atoms with van der Waals surface area (Å²) in [6, 6.07) is 16.8. The third kappa shape index (κ3) is 2.99. The fourth-order valence-electron chi connectivity index (χ4n) is 2.15. The number of hydrogen-bond acceptors (Lipinski definition) is 1. The van der Waals surface area contributed by atoms with E-state index < -0.39 is 0 Å². The molecule has 2 aromatic carbocycles. The molecule has 0 atom stereocenters. The number of hydrogen-bond donors (Lipinski definition) is 0. The first-order chi connectivity index (χ1) is 9.70. The van der Waals surface area contributed by atoms with Crippen molar-refractivity contribution < 1.29 is 0 Å². The van der Waals surface area contributed by atoms with Crippen molar-refractivity contribution in [3.63, 3.8) is 0 Å². The number of nitrogens with zero attached hydrogens (tertiary/aromatic N) is 2. The van der Waals surface area contributed by atoms with E-state index >= 15 is 0 Å². The molecule has 100 valence electrons. The molecule has 0 radical (unpaired) electrons. The molecule has 0 amide bonds. The smallest absolute Gasteiger partial charge is 0.0659 e. The molecule has 0 N–H and O–H groups in total. The first-order valence-corrected chi connectivity index (χ1v) is 7.34. The fourth-order valence-corrected chi connectivity index (χ4v) is 2.55. The fraction of sp³-hybridized carbons (Fsp3) is 0.118. The van der Waals surface area contributed by atoms with Crippen molar-refractivity contribution in [2.75, 3.05) is 0 Å². The molecule has 3 rings (SSSR count). The molecule has 0 bridgehead atoms. The minimum atomic E-state index is 0.800. The van der Waals surface area contributed by atoms with Crippen molar-refractivity contribution in [3.8, 4) is 11.1 Å². The molecular formula is C17H15BrN2. The molecule has 0 saturated carbocycles. The first kappa shape index (κ1) is 13.1. The maximum absolute atomic E-state index is 4.44. The van der Waals surface area contributed by atoms with Crippen molar-refractivity contribution in [2.24, 2.45) is 0 Å². The highest BCUT2D eigenvalue weighted by Crippen LogP contribution is 2.22. The average Bonchev–Trinajstić information content (AvgIpc) is 2.90. The van der Waals surface area contributed by atoms with E-state index in [9.17, 15) is 0 Å². The van der Waals surface area contributed by atoms with Gasteiger partial charge in [-0.2, -0.15) is 5.10 Å². The van der Waals surface area contributed by atoms with Gasteiger partial charge in [0.05, 0.1) is 12.7 Å². The average molecular weight is 327 g/mol. The molecular weight excluding hydrogens is 312 g/mol. The summed E-state index contributed by atoms with van der Waals surface area (Å²) < 4.78 is 3.06. The van der Waals surface area contributed by atoms with Crippen LogP contribution >= 0.6 is 15.9 Å². The Balaban J connectivity index is 1.82. The Hall–Kier alpha value is -1.87. The topological polar surface area (TPSA) is 17.8 Å². The maximum atomic E-state index is 4.44. The molecule has 2 nitrogen and oxygen atoms in total. The maximum Gasteiger partial charge on any atom is 0.0659 e. The van der Waals surface area contributed by atoms with Gasteiger partial charge in [-0.3, -0.25) is 4.68 Å². The third-order valence-corrected chi connectivity index (χ3v) is 3.75. The van der Waals surface area contributed by atoms with Crippen molar-refractivity contribution in [3.05, 3.63) is 76.5 Å². The number of rotatable bonds is 3. The van der Waals surface area contributed by atoms with Gasteiger partial charge in [0.1, 0.15) is 0 Å². The Morgan fingerprint density at radius 1 is 1.05 bits per heavy atom. The predicted molar refractivity (Wildman–Crippen MR) is 85.6 cm³/mol. The number of benzene rings is 2. The Labute approximate surface area is 127 Å². The second kappa shape index (κ2) is 5.63. The summed E-state index contributed by atoms with van der Waals surface area (Å²) in [6.07, 6.45) is 4.00. The minimum absolute atomic E-state index is 0.800. The lowest BCUT2D eigenvalue weighted by atomic mass is 10.1. The van der Waals surface area contributed by atoms with E-state index in [1.807, 2.05) is 23.0 Å². The van der Waals surface area contributed by atoms with Gasteiger partial charge in [0.15, 0.2) is 0 Å². The zero-order chi connectivity index (χ0) is 13.9. The molecule has 0 aliphatic carbocycles. The van der Waals surface area contributed by atoms with Crippen LogP contribution in [0.4, 0.5) is 0 Å². The van der Waals surface area contributed by atoms with Crippen LogP contribution in [0, 0.1) is 6.92 Å². The summed E-state index contributed by atoms with van der Waals surface area (Å²) >= 11 is 3.50. The number of aromatic nitrogens is 2. The van der Waals surface area contributed by atoms with Gasteiger partial charge in [0, 0.05) is 16.2 Å². The zero-order valence-electron chi connectivity index (χ0n) is 11.3. The van der Waals surface area contributed by atoms with Gasteiger partial charge in [-0.25, -0.2) is 0 Å². The Morgan fingerprint density at radius 2 is 1.85 bits per heavy atom. The van der Waals surface area contributed by atoms with Crippen molar-refractivity contribution >= 4 is 15.9 Å². The van der Waals surface area contributed by atoms with E-state index in [1.165, 1.54) is 16.7 Å². The van der Waals surface area contributed by atoms with Crippen LogP contribution in [0.2, 0.25) is 0 Å². The quantitative estimate of drug-likeness (QED) is 0.683. The molecule has 0 fully saturated rings. The van der Waals surface area contributed by atoms with E-state index in [4.69, 9.17) is 0 Å². The highest BCUT2D eigenvalue weighted by atomic mass is 79.9. The summed E-state index contributed by atoms with van der Waals surface area (Å²) in [7, 11) is 0. The van der Waals surface area contributed by atoms with Gasteiger partial charge in [0.25, 0.3) is 0 Å². The SMILES string of the molecule is Cc1ccc(Cn2cc(-c3cccc(Br)c3)cn2)cc1. The summed E-state index contributed by atoms with van der Waals surface area (Å²) in [5.41, 5.74) is 4.86. The summed E-state index contributed by atoms with van der Waals surface area (Å²) in [5.74, 6) is 0. The van der Waals surface area contributed by atoms with E-state index in [2.05, 4.69) is 70.5 Å². The molecule has 0 spiro atoms. The van der Waals surface area contributed by atoms with Gasteiger partial charge in [-0.1, -0.05) is 57.9 Å². The lowest BCUT2D eigenvalue weighted by molar-refractivity contribution is 0.687. The lowest BCUT2D eigenvalue weighted by Crippen LogP contribution is -1.99. The zero-order valence-corrected chi connectivity index (χ0v) is 12.8. The van der Waals surface area contributed by atoms with Gasteiger partial charge in [-0.15, -0.1) is 0 Å². The first-order valence-electron chi connectivity index (χ1n) is 6.55. The molecule has 0 saturated heterocycles. The Morgan fingerprint density at radius 3 is 2.60 bits per heavy atom. The highest BCUT2D eigenvalue weighted by molar-refractivity contribution is 9.10. The molecule has 3 heteroatoms. The molecule has 1 heterocycles. The molecule has 0 aliphatic heterocycles. The van der Waals surface area contributed by atoms with Crippen LogP contribution in [0.5, 0.6) is 0 Å². The van der Waals surface area contributed by atoms with E-state index in [-0.39, 0.29) is 0 Å². The summed E-state index contributed by atoms with van der Waals surface area (Å²) in [4.78, 5) is 0. The van der Waals surface area contributed by atoms with Crippen LogP contribution in [0.3, 0.4) is 0 Å². The van der Waals surface area contributed by atoms with Crippen LogP contribution in [0.15, 0.2) is 65.4 Å². The van der Waals surface area contributed by atoms with Gasteiger partial charge < -0.3 is 0 Å². The summed E-state index contributed by atoms with van der Waals surface area (Å²) in [6.45, 7) is 2.90. The van der Waals surface area contributed by atoms with Crippen molar-refractivity contribution in [2.45, 2.75) is 13.5 Å². The van der Waals surface area contributed by atoms with Crippen LogP contribution in [-0.2, 0) is 6.54 Å². The predicted octanol–water partition coefficient (Wildman–Crippen LogP) is 4.67. The molecule has 20 heavy (non-hydrogen) atoms. The molecule has 1 aromatic heterocycles. The largest absolute Gasteiger partial charge is 0.268 e. The highest BCUT2D eigenvalue weighted by Gasteiger charge is 2.03. The molecule has 0 unspecified atom stereocenters.